The van der Waals surface area contributed by atoms with Crippen molar-refractivity contribution in [2.24, 2.45) is 0 Å². The highest BCUT2D eigenvalue weighted by Gasteiger charge is 2.20. The highest BCUT2D eigenvalue weighted by atomic mass is 16.5. The molecule has 8 nitrogen and oxygen atoms in total. The van der Waals surface area contributed by atoms with Gasteiger partial charge in [-0.25, -0.2) is 4.98 Å². The molecule has 3 rings (SSSR count). The third kappa shape index (κ3) is 6.58. The molecular formula is C22H26N4O4. The molecule has 0 radical (unpaired) electrons. The molecule has 3 aromatic rings. The highest BCUT2D eigenvalue weighted by molar-refractivity contribution is 5.68. The molecular weight excluding hydrogens is 384 g/mol. The molecule has 8 heteroatoms. The van der Waals surface area contributed by atoms with Crippen LogP contribution in [0.15, 0.2) is 53.2 Å². The highest BCUT2D eigenvalue weighted by Crippen LogP contribution is 2.26. The largest absolute Gasteiger partial charge is 0.497 e. The fourth-order valence-corrected chi connectivity index (χ4v) is 3.17. The van der Waals surface area contributed by atoms with Crippen LogP contribution in [0, 0.1) is 0 Å². The van der Waals surface area contributed by atoms with Crippen LogP contribution < -0.4 is 10.1 Å². The number of aryl methyl sites for hydroxylation is 1. The summed E-state index contributed by atoms with van der Waals surface area (Å²) in [4.78, 5) is 20.0. The fourth-order valence-electron chi connectivity index (χ4n) is 3.17. The van der Waals surface area contributed by atoms with E-state index in [2.05, 4.69) is 20.4 Å². The molecule has 1 unspecified atom stereocenters. The summed E-state index contributed by atoms with van der Waals surface area (Å²) in [5, 5.41) is 16.6. The molecule has 2 N–H and O–H groups in total. The van der Waals surface area contributed by atoms with E-state index in [1.54, 1.807) is 13.3 Å². The number of aliphatic carboxylic acids is 1. The molecule has 1 atom stereocenters. The first kappa shape index (κ1) is 21.3. The summed E-state index contributed by atoms with van der Waals surface area (Å²) < 4.78 is 10.5. The molecule has 0 saturated carbocycles. The number of unbranched alkanes of at least 4 members (excludes halogenated alkanes) is 1. The topological polar surface area (TPSA) is 110 Å². The Hall–Kier alpha value is -3.42. The van der Waals surface area contributed by atoms with Gasteiger partial charge in [0.05, 0.1) is 13.5 Å². The van der Waals surface area contributed by atoms with Crippen molar-refractivity contribution in [2.45, 2.75) is 38.0 Å². The number of carboxylic acid groups (broad SMARTS) is 1. The van der Waals surface area contributed by atoms with Crippen LogP contribution in [0.4, 0.5) is 5.82 Å². The maximum absolute atomic E-state index is 11.3. The second kappa shape index (κ2) is 10.9. The molecule has 30 heavy (non-hydrogen) atoms. The molecule has 0 fully saturated rings. The SMILES string of the molecule is COc1ccc(C(CC(=O)O)Cc2nc(CCCCNc3ccccn3)no2)cc1. The van der Waals surface area contributed by atoms with Crippen LogP contribution in [-0.4, -0.2) is 39.9 Å². The summed E-state index contributed by atoms with van der Waals surface area (Å²) >= 11 is 0. The number of methoxy groups -OCH3 is 1. The van der Waals surface area contributed by atoms with E-state index in [9.17, 15) is 9.90 Å². The van der Waals surface area contributed by atoms with Gasteiger partial charge in [-0.15, -0.1) is 0 Å². The normalized spacial score (nSPS) is 11.8. The quantitative estimate of drug-likeness (QED) is 0.435. The number of carboxylic acids is 1. The van der Waals surface area contributed by atoms with Crippen LogP contribution in [0.1, 0.15) is 42.5 Å². The minimum absolute atomic E-state index is 0.0107. The Labute approximate surface area is 175 Å². The number of pyridine rings is 1. The summed E-state index contributed by atoms with van der Waals surface area (Å²) in [6, 6.07) is 13.2. The van der Waals surface area contributed by atoms with E-state index in [0.717, 1.165) is 36.5 Å². The number of hydrogen-bond acceptors (Lipinski definition) is 7. The van der Waals surface area contributed by atoms with E-state index in [4.69, 9.17) is 9.26 Å². The first-order chi connectivity index (χ1) is 14.6. The molecule has 0 saturated heterocycles. The number of benzene rings is 1. The number of hydrogen-bond donors (Lipinski definition) is 2. The lowest BCUT2D eigenvalue weighted by atomic mass is 9.92. The second-order valence-electron chi connectivity index (χ2n) is 6.98. The first-order valence-electron chi connectivity index (χ1n) is 9.96. The van der Waals surface area contributed by atoms with Crippen molar-refractivity contribution >= 4 is 11.8 Å². The van der Waals surface area contributed by atoms with Gasteiger partial charge >= 0.3 is 5.97 Å². The summed E-state index contributed by atoms with van der Waals surface area (Å²) in [7, 11) is 1.60. The number of aromatic nitrogens is 3. The van der Waals surface area contributed by atoms with Crippen LogP contribution in [0.25, 0.3) is 0 Å². The van der Waals surface area contributed by atoms with Gasteiger partial charge < -0.3 is 19.7 Å². The first-order valence-corrected chi connectivity index (χ1v) is 9.96. The number of carbonyl (C=O) groups is 1. The summed E-state index contributed by atoms with van der Waals surface area (Å²) in [5.41, 5.74) is 0.901. The Kier molecular flexibility index (Phi) is 7.77. The van der Waals surface area contributed by atoms with E-state index >= 15 is 0 Å². The average molecular weight is 410 g/mol. The standard InChI is InChI=1S/C22H26N4O4/c1-29-18-10-8-16(9-11-18)17(15-22(27)28)14-21-25-20(26-30-21)7-3-5-13-24-19-6-2-4-12-23-19/h2,4,6,8-12,17H,3,5,7,13-15H2,1H3,(H,23,24)(H,27,28). The van der Waals surface area contributed by atoms with E-state index < -0.39 is 5.97 Å². The van der Waals surface area contributed by atoms with Crippen LogP contribution in [0.3, 0.4) is 0 Å². The van der Waals surface area contributed by atoms with Gasteiger partial charge in [0.2, 0.25) is 5.89 Å². The number of nitrogens with zero attached hydrogens (tertiary/aromatic N) is 3. The second-order valence-corrected chi connectivity index (χ2v) is 6.98. The van der Waals surface area contributed by atoms with Crippen molar-refractivity contribution in [3.05, 3.63) is 65.9 Å². The van der Waals surface area contributed by atoms with Crippen molar-refractivity contribution in [3.63, 3.8) is 0 Å². The van der Waals surface area contributed by atoms with E-state index in [1.807, 2.05) is 42.5 Å². The molecule has 0 aliphatic heterocycles. The lowest BCUT2D eigenvalue weighted by Gasteiger charge is -2.13. The predicted molar refractivity (Wildman–Crippen MR) is 112 cm³/mol. The van der Waals surface area contributed by atoms with Crippen LogP contribution >= 0.6 is 0 Å². The smallest absolute Gasteiger partial charge is 0.303 e. The van der Waals surface area contributed by atoms with Crippen LogP contribution in [0.2, 0.25) is 0 Å². The molecule has 0 bridgehead atoms. The zero-order chi connectivity index (χ0) is 21.2. The van der Waals surface area contributed by atoms with E-state index in [-0.39, 0.29) is 12.3 Å². The maximum Gasteiger partial charge on any atom is 0.303 e. The van der Waals surface area contributed by atoms with Gasteiger partial charge in [0.15, 0.2) is 5.82 Å². The zero-order valence-electron chi connectivity index (χ0n) is 17.0. The third-order valence-electron chi connectivity index (χ3n) is 4.74. The van der Waals surface area contributed by atoms with Crippen molar-refractivity contribution in [2.75, 3.05) is 19.0 Å². The Morgan fingerprint density at radius 3 is 2.73 bits per heavy atom. The Morgan fingerprint density at radius 1 is 1.20 bits per heavy atom. The van der Waals surface area contributed by atoms with Gasteiger partial charge in [0.25, 0.3) is 0 Å². The molecule has 2 aromatic heterocycles. The Morgan fingerprint density at radius 2 is 2.03 bits per heavy atom. The van der Waals surface area contributed by atoms with Crippen molar-refractivity contribution in [1.82, 2.24) is 15.1 Å². The van der Waals surface area contributed by atoms with Crippen molar-refractivity contribution < 1.29 is 19.2 Å². The lowest BCUT2D eigenvalue weighted by Crippen LogP contribution is -2.09. The molecule has 1 aromatic carbocycles. The monoisotopic (exact) mass is 410 g/mol. The minimum atomic E-state index is -0.865. The minimum Gasteiger partial charge on any atom is -0.497 e. The van der Waals surface area contributed by atoms with Gasteiger partial charge in [0.1, 0.15) is 11.6 Å². The summed E-state index contributed by atoms with van der Waals surface area (Å²) in [5.74, 6) is 1.58. The maximum atomic E-state index is 11.3. The molecule has 0 aliphatic carbocycles. The Balaban J connectivity index is 1.49. The van der Waals surface area contributed by atoms with Crippen molar-refractivity contribution in [1.29, 1.82) is 0 Å². The molecule has 0 aliphatic rings. The van der Waals surface area contributed by atoms with Gasteiger partial charge in [0, 0.05) is 31.5 Å². The van der Waals surface area contributed by atoms with E-state index in [0.29, 0.717) is 24.6 Å². The molecule has 2 heterocycles. The number of nitrogens with one attached hydrogen (secondary N) is 1. The number of rotatable bonds is 12. The van der Waals surface area contributed by atoms with Gasteiger partial charge in [-0.2, -0.15) is 4.98 Å². The average Bonchev–Trinajstić information content (AvgIpc) is 3.21. The summed E-state index contributed by atoms with van der Waals surface area (Å²) in [6.45, 7) is 0.819. The van der Waals surface area contributed by atoms with Gasteiger partial charge in [-0.1, -0.05) is 23.4 Å². The predicted octanol–water partition coefficient (Wildman–Crippen LogP) is 3.71. The van der Waals surface area contributed by atoms with Gasteiger partial charge in [-0.3, -0.25) is 4.79 Å². The number of ether oxygens (including phenoxy) is 1. The lowest BCUT2D eigenvalue weighted by molar-refractivity contribution is -0.137. The summed E-state index contributed by atoms with van der Waals surface area (Å²) in [6.07, 6.45) is 4.70. The molecule has 0 amide bonds. The third-order valence-corrected chi connectivity index (χ3v) is 4.74. The molecule has 158 valence electrons. The zero-order valence-corrected chi connectivity index (χ0v) is 17.0. The number of anilines is 1. The van der Waals surface area contributed by atoms with Gasteiger partial charge in [-0.05, 0) is 42.7 Å². The van der Waals surface area contributed by atoms with E-state index in [1.165, 1.54) is 0 Å². The molecule has 0 spiro atoms. The fraction of sp³-hybridized carbons (Fsp3) is 0.364. The van der Waals surface area contributed by atoms with Crippen LogP contribution in [0.5, 0.6) is 5.75 Å². The van der Waals surface area contributed by atoms with Crippen LogP contribution in [-0.2, 0) is 17.6 Å². The van der Waals surface area contributed by atoms with Crippen molar-refractivity contribution in [3.8, 4) is 5.75 Å². The Bertz CT molecular complexity index is 912.